The lowest BCUT2D eigenvalue weighted by atomic mass is 10.1. The van der Waals surface area contributed by atoms with Crippen molar-refractivity contribution < 1.29 is 4.92 Å². The predicted molar refractivity (Wildman–Crippen MR) is 96.4 cm³/mol. The summed E-state index contributed by atoms with van der Waals surface area (Å²) < 4.78 is 0. The van der Waals surface area contributed by atoms with E-state index in [4.69, 9.17) is 11.6 Å². The van der Waals surface area contributed by atoms with E-state index < -0.39 is 4.92 Å². The van der Waals surface area contributed by atoms with Crippen LogP contribution in [-0.2, 0) is 6.42 Å². The second-order valence-electron chi connectivity index (χ2n) is 5.24. The number of rotatable bonds is 5. The fourth-order valence-electron chi connectivity index (χ4n) is 2.45. The van der Waals surface area contributed by atoms with Crippen LogP contribution >= 0.6 is 22.9 Å². The fourth-order valence-corrected chi connectivity index (χ4v) is 3.51. The van der Waals surface area contributed by atoms with E-state index in [0.29, 0.717) is 11.3 Å². The van der Waals surface area contributed by atoms with E-state index in [-0.39, 0.29) is 10.7 Å². The maximum Gasteiger partial charge on any atom is 0.288 e. The van der Waals surface area contributed by atoms with Gasteiger partial charge in [-0.3, -0.25) is 15.1 Å². The smallest absolute Gasteiger partial charge is 0.264 e. The molecule has 0 aliphatic rings. The normalized spacial score (nSPS) is 10.8. The molecule has 122 valence electrons. The Hall–Kier alpha value is -2.31. The summed E-state index contributed by atoms with van der Waals surface area (Å²) in [4.78, 5) is 19.4. The number of nitro benzene ring substituents is 1. The first-order chi connectivity index (χ1) is 11.6. The molecule has 2 aromatic heterocycles. The van der Waals surface area contributed by atoms with Crippen molar-refractivity contribution in [2.75, 3.05) is 0 Å². The van der Waals surface area contributed by atoms with Crippen LogP contribution in [0.15, 0.2) is 42.0 Å². The molecule has 3 rings (SSSR count). The number of hydrogen-bond acceptors (Lipinski definition) is 5. The van der Waals surface area contributed by atoms with Crippen molar-refractivity contribution in [2.24, 2.45) is 0 Å². The fraction of sp³-hybridized carbons (Fsp3) is 0.176. The highest BCUT2D eigenvalue weighted by atomic mass is 35.5. The molecule has 0 bridgehead atoms. The molecule has 3 aromatic rings. The van der Waals surface area contributed by atoms with Crippen LogP contribution in [0.3, 0.4) is 0 Å². The summed E-state index contributed by atoms with van der Waals surface area (Å²) in [5.74, 6) is 0. The first-order valence-corrected chi connectivity index (χ1v) is 8.69. The molecule has 7 heteroatoms. The lowest BCUT2D eigenvalue weighted by Crippen LogP contribution is -1.91. The highest BCUT2D eigenvalue weighted by Crippen LogP contribution is 2.34. The molecular formula is C17H14ClN3O2S. The lowest BCUT2D eigenvalue weighted by Gasteiger charge is -2.04. The molecule has 5 nitrogen and oxygen atoms in total. The Kier molecular flexibility index (Phi) is 4.87. The third-order valence-electron chi connectivity index (χ3n) is 3.60. The summed E-state index contributed by atoms with van der Waals surface area (Å²) >= 11 is 7.37. The summed E-state index contributed by atoms with van der Waals surface area (Å²) in [5, 5.41) is 13.9. The minimum atomic E-state index is -0.487. The van der Waals surface area contributed by atoms with Gasteiger partial charge in [-0.15, -0.1) is 11.3 Å². The highest BCUT2D eigenvalue weighted by molar-refractivity contribution is 7.13. The highest BCUT2D eigenvalue weighted by Gasteiger charge is 2.16. The van der Waals surface area contributed by atoms with Gasteiger partial charge in [0.25, 0.3) is 5.69 Å². The van der Waals surface area contributed by atoms with Crippen molar-refractivity contribution in [3.8, 4) is 21.8 Å². The molecule has 0 amide bonds. The average Bonchev–Trinajstić information content (AvgIpc) is 3.05. The molecule has 0 aliphatic carbocycles. The number of aromatic nitrogens is 2. The van der Waals surface area contributed by atoms with E-state index in [0.717, 1.165) is 23.4 Å². The number of benzene rings is 1. The molecule has 0 atom stereocenters. The Labute approximate surface area is 148 Å². The minimum absolute atomic E-state index is 0.114. The second-order valence-corrected chi connectivity index (χ2v) is 6.51. The van der Waals surface area contributed by atoms with E-state index in [2.05, 4.69) is 16.9 Å². The minimum Gasteiger partial charge on any atom is -0.264 e. The molecule has 0 unspecified atom stereocenters. The summed E-state index contributed by atoms with van der Waals surface area (Å²) in [6.07, 6.45) is 5.60. The third-order valence-corrected chi connectivity index (χ3v) is 4.80. The van der Waals surface area contributed by atoms with E-state index >= 15 is 0 Å². The van der Waals surface area contributed by atoms with Gasteiger partial charge in [-0.25, -0.2) is 4.98 Å². The van der Waals surface area contributed by atoms with Gasteiger partial charge < -0.3 is 0 Å². The molecule has 0 aliphatic heterocycles. The third kappa shape index (κ3) is 3.29. The van der Waals surface area contributed by atoms with Crippen molar-refractivity contribution >= 4 is 28.6 Å². The first kappa shape index (κ1) is 16.5. The monoisotopic (exact) mass is 359 g/mol. The van der Waals surface area contributed by atoms with Gasteiger partial charge in [-0.2, -0.15) is 0 Å². The summed E-state index contributed by atoms with van der Waals surface area (Å²) in [5.41, 5.74) is 3.47. The van der Waals surface area contributed by atoms with E-state index in [1.165, 1.54) is 29.0 Å². The summed E-state index contributed by atoms with van der Waals surface area (Å²) in [7, 11) is 0. The Balaban J connectivity index is 2.00. The molecule has 2 heterocycles. The SMILES string of the molecule is CCCc1ccncc1-c1nc(-c2ccc(Cl)c([N+](=O)[O-])c2)cs1. The Bertz CT molecular complexity index is 895. The Morgan fingerprint density at radius 2 is 2.17 bits per heavy atom. The van der Waals surface area contributed by atoms with Crippen LogP contribution < -0.4 is 0 Å². The number of hydrogen-bond donors (Lipinski definition) is 0. The first-order valence-electron chi connectivity index (χ1n) is 7.43. The molecule has 0 saturated carbocycles. The largest absolute Gasteiger partial charge is 0.288 e. The Morgan fingerprint density at radius 3 is 2.92 bits per heavy atom. The topological polar surface area (TPSA) is 68.9 Å². The molecule has 24 heavy (non-hydrogen) atoms. The van der Waals surface area contributed by atoms with Crippen LogP contribution in [0, 0.1) is 10.1 Å². The summed E-state index contributed by atoms with van der Waals surface area (Å²) in [6.45, 7) is 2.13. The van der Waals surface area contributed by atoms with Crippen LogP contribution in [0.5, 0.6) is 0 Å². The number of halogens is 1. The van der Waals surface area contributed by atoms with Gasteiger partial charge in [0, 0.05) is 35.0 Å². The molecule has 0 saturated heterocycles. The van der Waals surface area contributed by atoms with Gasteiger partial charge >= 0.3 is 0 Å². The quantitative estimate of drug-likeness (QED) is 0.452. The molecular weight excluding hydrogens is 346 g/mol. The van der Waals surface area contributed by atoms with Gasteiger partial charge in [0.15, 0.2) is 0 Å². The lowest BCUT2D eigenvalue weighted by molar-refractivity contribution is -0.384. The van der Waals surface area contributed by atoms with E-state index in [9.17, 15) is 10.1 Å². The second kappa shape index (κ2) is 7.07. The number of aryl methyl sites for hydroxylation is 1. The van der Waals surface area contributed by atoms with Gasteiger partial charge in [0.1, 0.15) is 10.0 Å². The zero-order valence-corrected chi connectivity index (χ0v) is 14.5. The van der Waals surface area contributed by atoms with Crippen molar-refractivity contribution in [3.63, 3.8) is 0 Å². The van der Waals surface area contributed by atoms with E-state index in [1.807, 2.05) is 17.6 Å². The van der Waals surface area contributed by atoms with Crippen molar-refractivity contribution in [3.05, 3.63) is 62.7 Å². The van der Waals surface area contributed by atoms with Gasteiger partial charge in [-0.05, 0) is 24.1 Å². The van der Waals surface area contributed by atoms with Crippen LogP contribution in [0.2, 0.25) is 5.02 Å². The van der Waals surface area contributed by atoms with Crippen LogP contribution in [0.25, 0.3) is 21.8 Å². The maximum atomic E-state index is 11.0. The standard InChI is InChI=1S/C17H14ClN3O2S/c1-2-3-11-6-7-19-9-13(11)17-20-15(10-24-17)12-4-5-14(18)16(8-12)21(22)23/h4-10H,2-3H2,1H3. The molecule has 0 spiro atoms. The van der Waals surface area contributed by atoms with Crippen molar-refractivity contribution in [1.82, 2.24) is 9.97 Å². The number of pyridine rings is 1. The van der Waals surface area contributed by atoms with Crippen molar-refractivity contribution in [2.45, 2.75) is 19.8 Å². The Morgan fingerprint density at radius 1 is 1.33 bits per heavy atom. The maximum absolute atomic E-state index is 11.0. The summed E-state index contributed by atoms with van der Waals surface area (Å²) in [6, 6.07) is 6.73. The molecule has 1 aromatic carbocycles. The molecule has 0 fully saturated rings. The van der Waals surface area contributed by atoms with Crippen LogP contribution in [0.1, 0.15) is 18.9 Å². The van der Waals surface area contributed by atoms with Crippen LogP contribution in [-0.4, -0.2) is 14.9 Å². The average molecular weight is 360 g/mol. The van der Waals surface area contributed by atoms with Gasteiger partial charge in [0.05, 0.1) is 10.6 Å². The van der Waals surface area contributed by atoms with Crippen molar-refractivity contribution in [1.29, 1.82) is 0 Å². The zero-order chi connectivity index (χ0) is 17.1. The van der Waals surface area contributed by atoms with E-state index in [1.54, 1.807) is 12.3 Å². The number of thiazole rings is 1. The van der Waals surface area contributed by atoms with Gasteiger partial charge in [0.2, 0.25) is 0 Å². The molecule has 0 radical (unpaired) electrons. The number of nitro groups is 1. The van der Waals surface area contributed by atoms with Gasteiger partial charge in [-0.1, -0.05) is 31.0 Å². The number of nitrogens with zero attached hydrogens (tertiary/aromatic N) is 3. The molecule has 0 N–H and O–H groups in total. The zero-order valence-electron chi connectivity index (χ0n) is 12.9. The predicted octanol–water partition coefficient (Wildman–Crippen LogP) is 5.39. The van der Waals surface area contributed by atoms with Crippen LogP contribution in [0.4, 0.5) is 5.69 Å².